The molecule has 0 aliphatic carbocycles. The third-order valence-electron chi connectivity index (χ3n) is 2.18. The maximum absolute atomic E-state index is 13.4. The smallest absolute Gasteiger partial charge is 0.404 e. The minimum atomic E-state index is -4.38. The second-order valence-electron chi connectivity index (χ2n) is 3.61. The molecule has 0 bridgehead atoms. The number of halogens is 3. The van der Waals surface area contributed by atoms with E-state index in [1.807, 2.05) is 0 Å². The van der Waals surface area contributed by atoms with Crippen LogP contribution in [-0.2, 0) is 9.53 Å². The van der Waals surface area contributed by atoms with E-state index >= 15 is 0 Å². The van der Waals surface area contributed by atoms with E-state index in [9.17, 15) is 22.8 Å². The summed E-state index contributed by atoms with van der Waals surface area (Å²) < 4.78 is 44.2. The fourth-order valence-corrected chi connectivity index (χ4v) is 1.30. The van der Waals surface area contributed by atoms with Gasteiger partial charge in [-0.3, -0.25) is 4.79 Å². The first-order valence-electron chi connectivity index (χ1n) is 5.16. The molecule has 0 N–H and O–H groups in total. The molecule has 1 aromatic rings. The lowest BCUT2D eigenvalue weighted by molar-refractivity contribution is -0.164. The highest BCUT2D eigenvalue weighted by Gasteiger charge is 2.50. The number of esters is 1. The molecular formula is C12H11F3O3. The number of aryl methyl sites for hydroxylation is 1. The van der Waals surface area contributed by atoms with Crippen molar-refractivity contribution in [2.24, 2.45) is 0 Å². The first kappa shape index (κ1) is 14.2. The molecule has 3 nitrogen and oxygen atoms in total. The fraction of sp³-hybridized carbons (Fsp3) is 0.333. The molecular weight excluding hydrogens is 249 g/mol. The lowest BCUT2D eigenvalue weighted by Crippen LogP contribution is -2.39. The van der Waals surface area contributed by atoms with Crippen LogP contribution in [0.1, 0.15) is 22.8 Å². The van der Waals surface area contributed by atoms with E-state index in [0.29, 0.717) is 5.56 Å². The maximum Gasteiger partial charge on any atom is 0.404 e. The van der Waals surface area contributed by atoms with Crippen molar-refractivity contribution in [1.29, 1.82) is 0 Å². The summed E-state index contributed by atoms with van der Waals surface area (Å²) in [4.78, 5) is 22.4. The minimum absolute atomic E-state index is 0.294. The van der Waals surface area contributed by atoms with Crippen molar-refractivity contribution >= 4 is 11.8 Å². The van der Waals surface area contributed by atoms with Crippen molar-refractivity contribution in [3.8, 4) is 0 Å². The second-order valence-corrected chi connectivity index (χ2v) is 3.61. The number of carbonyl (C=O) groups is 2. The molecule has 6 heteroatoms. The SMILES string of the molecule is CCOC(=O)C(F)(F)C(=O)c1cc(C)ccc1F. The zero-order valence-electron chi connectivity index (χ0n) is 9.80. The molecule has 18 heavy (non-hydrogen) atoms. The first-order valence-corrected chi connectivity index (χ1v) is 5.16. The van der Waals surface area contributed by atoms with Gasteiger partial charge in [0.15, 0.2) is 0 Å². The highest BCUT2D eigenvalue weighted by Crippen LogP contribution is 2.24. The van der Waals surface area contributed by atoms with Gasteiger partial charge in [-0.25, -0.2) is 9.18 Å². The van der Waals surface area contributed by atoms with Crippen LogP contribution < -0.4 is 0 Å². The van der Waals surface area contributed by atoms with Gasteiger partial charge in [0.1, 0.15) is 5.82 Å². The third kappa shape index (κ3) is 2.69. The summed E-state index contributed by atoms with van der Waals surface area (Å²) in [6.45, 7) is 2.54. The molecule has 0 spiro atoms. The van der Waals surface area contributed by atoms with Crippen molar-refractivity contribution in [2.75, 3.05) is 6.61 Å². The monoisotopic (exact) mass is 260 g/mol. The van der Waals surface area contributed by atoms with E-state index in [-0.39, 0.29) is 6.61 Å². The van der Waals surface area contributed by atoms with Gasteiger partial charge in [-0.05, 0) is 26.0 Å². The van der Waals surface area contributed by atoms with E-state index in [0.717, 1.165) is 12.1 Å². The summed E-state index contributed by atoms with van der Waals surface area (Å²) in [6, 6.07) is 3.18. The Kier molecular flexibility index (Phi) is 4.11. The topological polar surface area (TPSA) is 43.4 Å². The number of benzene rings is 1. The van der Waals surface area contributed by atoms with E-state index in [1.165, 1.54) is 19.9 Å². The van der Waals surface area contributed by atoms with Gasteiger partial charge in [0, 0.05) is 0 Å². The highest BCUT2D eigenvalue weighted by molar-refractivity contribution is 6.14. The van der Waals surface area contributed by atoms with Crippen LogP contribution in [0, 0.1) is 12.7 Å². The van der Waals surface area contributed by atoms with E-state index in [2.05, 4.69) is 4.74 Å². The Hall–Kier alpha value is -1.85. The van der Waals surface area contributed by atoms with Crippen molar-refractivity contribution < 1.29 is 27.5 Å². The summed E-state index contributed by atoms with van der Waals surface area (Å²) in [5.74, 6) is -9.36. The Balaban J connectivity index is 3.13. The molecule has 0 atom stereocenters. The van der Waals surface area contributed by atoms with E-state index in [1.54, 1.807) is 0 Å². The van der Waals surface area contributed by atoms with Crippen LogP contribution in [0.15, 0.2) is 18.2 Å². The molecule has 0 aliphatic heterocycles. The molecule has 1 aromatic carbocycles. The summed E-state index contributed by atoms with van der Waals surface area (Å²) in [5.41, 5.74) is -0.396. The second kappa shape index (κ2) is 5.20. The Morgan fingerprint density at radius 2 is 1.94 bits per heavy atom. The number of ketones is 1. The van der Waals surface area contributed by atoms with Crippen molar-refractivity contribution in [3.63, 3.8) is 0 Å². The van der Waals surface area contributed by atoms with Gasteiger partial charge in [0.25, 0.3) is 0 Å². The predicted octanol–water partition coefficient (Wildman–Crippen LogP) is 2.52. The lowest BCUT2D eigenvalue weighted by atomic mass is 10.0. The fourth-order valence-electron chi connectivity index (χ4n) is 1.30. The Morgan fingerprint density at radius 1 is 1.33 bits per heavy atom. The summed E-state index contributed by atoms with van der Waals surface area (Å²) >= 11 is 0. The lowest BCUT2D eigenvalue weighted by Gasteiger charge is -2.14. The Bertz CT molecular complexity index is 483. The molecule has 98 valence electrons. The number of Topliss-reactive ketones (excluding diaryl/α,β-unsaturated/α-hetero) is 1. The van der Waals surface area contributed by atoms with E-state index in [4.69, 9.17) is 0 Å². The van der Waals surface area contributed by atoms with E-state index < -0.39 is 29.1 Å². The maximum atomic E-state index is 13.4. The zero-order valence-corrected chi connectivity index (χ0v) is 9.80. The summed E-state index contributed by atoms with van der Waals surface area (Å²) in [6.07, 6.45) is 0. The summed E-state index contributed by atoms with van der Waals surface area (Å²) in [7, 11) is 0. The van der Waals surface area contributed by atoms with Crippen molar-refractivity contribution in [2.45, 2.75) is 19.8 Å². The molecule has 1 rings (SSSR count). The zero-order chi connectivity index (χ0) is 13.9. The Labute approximate surface area is 102 Å². The number of hydrogen-bond donors (Lipinski definition) is 0. The summed E-state index contributed by atoms with van der Waals surface area (Å²) in [5, 5.41) is 0. The largest absolute Gasteiger partial charge is 0.461 e. The number of hydrogen-bond acceptors (Lipinski definition) is 3. The van der Waals surface area contributed by atoms with Crippen LogP contribution >= 0.6 is 0 Å². The first-order chi connectivity index (χ1) is 8.30. The normalized spacial score (nSPS) is 11.2. The molecule has 0 radical (unpaired) electrons. The van der Waals surface area contributed by atoms with Gasteiger partial charge >= 0.3 is 11.9 Å². The van der Waals surface area contributed by atoms with Crippen LogP contribution in [-0.4, -0.2) is 24.3 Å². The number of carbonyl (C=O) groups excluding carboxylic acids is 2. The van der Waals surface area contributed by atoms with Crippen molar-refractivity contribution in [3.05, 3.63) is 35.1 Å². The molecule has 0 aliphatic rings. The number of alkyl halides is 2. The van der Waals surface area contributed by atoms with Crippen LogP contribution in [0.3, 0.4) is 0 Å². The molecule has 0 unspecified atom stereocenters. The number of ether oxygens (including phenoxy) is 1. The predicted molar refractivity (Wildman–Crippen MR) is 57.0 cm³/mol. The van der Waals surface area contributed by atoms with Crippen molar-refractivity contribution in [1.82, 2.24) is 0 Å². The highest BCUT2D eigenvalue weighted by atomic mass is 19.3. The van der Waals surface area contributed by atoms with Crippen LogP contribution in [0.2, 0.25) is 0 Å². The molecule has 0 heterocycles. The molecule has 0 fully saturated rings. The van der Waals surface area contributed by atoms with Gasteiger partial charge in [-0.2, -0.15) is 8.78 Å². The molecule has 0 amide bonds. The van der Waals surface area contributed by atoms with Gasteiger partial charge < -0.3 is 4.74 Å². The van der Waals surface area contributed by atoms with Crippen LogP contribution in [0.25, 0.3) is 0 Å². The van der Waals surface area contributed by atoms with Gasteiger partial charge in [0.2, 0.25) is 5.78 Å². The third-order valence-corrected chi connectivity index (χ3v) is 2.18. The minimum Gasteiger partial charge on any atom is -0.461 e. The van der Waals surface area contributed by atoms with Gasteiger partial charge in [-0.1, -0.05) is 11.6 Å². The van der Waals surface area contributed by atoms with Gasteiger partial charge in [0.05, 0.1) is 12.2 Å². The van der Waals surface area contributed by atoms with Crippen LogP contribution in [0.4, 0.5) is 13.2 Å². The molecule has 0 aromatic heterocycles. The average molecular weight is 260 g/mol. The standard InChI is InChI=1S/C12H11F3O3/c1-3-18-11(17)12(14,15)10(16)8-6-7(2)4-5-9(8)13/h4-6H,3H2,1-2H3. The van der Waals surface area contributed by atoms with Crippen LogP contribution in [0.5, 0.6) is 0 Å². The Morgan fingerprint density at radius 3 is 2.50 bits per heavy atom. The quantitative estimate of drug-likeness (QED) is 0.474. The number of rotatable bonds is 4. The van der Waals surface area contributed by atoms with Gasteiger partial charge in [-0.15, -0.1) is 0 Å². The molecule has 0 saturated heterocycles. The average Bonchev–Trinajstić information content (AvgIpc) is 2.31. The molecule has 0 saturated carbocycles.